The van der Waals surface area contributed by atoms with Crippen molar-refractivity contribution in [2.75, 3.05) is 0 Å². The van der Waals surface area contributed by atoms with E-state index in [1.807, 2.05) is 11.3 Å². The van der Waals surface area contributed by atoms with Gasteiger partial charge < -0.3 is 0 Å². The highest BCUT2D eigenvalue weighted by atomic mass is 32.1. The predicted molar refractivity (Wildman–Crippen MR) is 91.9 cm³/mol. The molecular weight excluding hydrogens is 296 g/mol. The Hall–Kier alpha value is -1.20. The van der Waals surface area contributed by atoms with E-state index in [1.165, 1.54) is 44.7 Å². The van der Waals surface area contributed by atoms with E-state index in [-0.39, 0.29) is 6.04 Å². The zero-order chi connectivity index (χ0) is 14.2. The van der Waals surface area contributed by atoms with Crippen LogP contribution in [0.5, 0.6) is 0 Å². The molecule has 0 bridgehead atoms. The van der Waals surface area contributed by atoms with Crippen molar-refractivity contribution < 1.29 is 0 Å². The van der Waals surface area contributed by atoms with E-state index in [0.29, 0.717) is 0 Å². The van der Waals surface area contributed by atoms with E-state index in [9.17, 15) is 0 Å². The number of hydrazine groups is 1. The molecule has 21 heavy (non-hydrogen) atoms. The first-order chi connectivity index (χ1) is 10.3. The Labute approximate surface area is 132 Å². The minimum absolute atomic E-state index is 0.0922. The van der Waals surface area contributed by atoms with Gasteiger partial charge in [0.15, 0.2) is 0 Å². The van der Waals surface area contributed by atoms with Crippen molar-refractivity contribution in [1.82, 2.24) is 5.43 Å². The lowest BCUT2D eigenvalue weighted by Crippen LogP contribution is -2.28. The molecule has 3 aromatic rings. The molecule has 1 aliphatic rings. The highest BCUT2D eigenvalue weighted by molar-refractivity contribution is 7.27. The van der Waals surface area contributed by atoms with E-state index < -0.39 is 0 Å². The first kappa shape index (κ1) is 13.5. The van der Waals surface area contributed by atoms with Crippen LogP contribution in [-0.2, 0) is 0 Å². The van der Waals surface area contributed by atoms with Crippen molar-refractivity contribution >= 4 is 32.1 Å². The van der Waals surface area contributed by atoms with Crippen LogP contribution in [0.25, 0.3) is 9.40 Å². The first-order valence-electron chi connectivity index (χ1n) is 7.38. The third-order valence-electron chi connectivity index (χ3n) is 4.43. The predicted octanol–water partition coefficient (Wildman–Crippen LogP) is 4.78. The fourth-order valence-electron chi connectivity index (χ4n) is 3.00. The van der Waals surface area contributed by atoms with Crippen LogP contribution in [-0.4, -0.2) is 0 Å². The number of fused-ring (bicyclic) bond motifs is 1. The molecule has 0 radical (unpaired) electrons. The maximum atomic E-state index is 5.86. The first-order valence-corrected chi connectivity index (χ1v) is 9.07. The molecule has 2 nitrogen and oxygen atoms in total. The van der Waals surface area contributed by atoms with Crippen molar-refractivity contribution in [3.63, 3.8) is 0 Å². The molecule has 1 fully saturated rings. The average molecular weight is 314 g/mol. The summed E-state index contributed by atoms with van der Waals surface area (Å²) < 4.78 is 2.70. The molecule has 2 heterocycles. The summed E-state index contributed by atoms with van der Waals surface area (Å²) in [6.07, 6.45) is 4.03. The monoisotopic (exact) mass is 314 g/mol. The molecular formula is C17H18N2S2. The lowest BCUT2D eigenvalue weighted by atomic mass is 9.79. The maximum Gasteiger partial charge on any atom is 0.0803 e. The topological polar surface area (TPSA) is 38.0 Å². The lowest BCUT2D eigenvalue weighted by molar-refractivity contribution is 0.419. The van der Waals surface area contributed by atoms with Crippen LogP contribution in [0.15, 0.2) is 41.8 Å². The van der Waals surface area contributed by atoms with Gasteiger partial charge in [0.25, 0.3) is 0 Å². The third kappa shape index (κ3) is 2.42. The molecule has 1 unspecified atom stereocenters. The Kier molecular flexibility index (Phi) is 3.55. The van der Waals surface area contributed by atoms with E-state index in [4.69, 9.17) is 5.84 Å². The van der Waals surface area contributed by atoms with Crippen LogP contribution in [0, 0.1) is 0 Å². The van der Waals surface area contributed by atoms with Gasteiger partial charge in [-0.2, -0.15) is 0 Å². The molecule has 1 aliphatic carbocycles. The number of rotatable bonds is 4. The van der Waals surface area contributed by atoms with E-state index >= 15 is 0 Å². The standard InChI is InChI=1S/C17H18N2S2/c18-19-17(16-10-15-14(21-16)7-8-20-15)13-6-2-5-12(9-13)11-3-1-4-11/h2,5-11,17,19H,1,3-4,18H2. The summed E-state index contributed by atoms with van der Waals surface area (Å²) >= 11 is 3.63. The summed E-state index contributed by atoms with van der Waals surface area (Å²) in [7, 11) is 0. The summed E-state index contributed by atoms with van der Waals surface area (Å²) in [4.78, 5) is 1.30. The number of nitrogens with two attached hydrogens (primary N) is 1. The highest BCUT2D eigenvalue weighted by Crippen LogP contribution is 2.39. The molecule has 3 N–H and O–H groups in total. The van der Waals surface area contributed by atoms with Gasteiger partial charge in [-0.25, -0.2) is 5.43 Å². The molecule has 2 aromatic heterocycles. The van der Waals surface area contributed by atoms with Gasteiger partial charge in [-0.15, -0.1) is 22.7 Å². The van der Waals surface area contributed by atoms with Gasteiger partial charge in [0, 0.05) is 14.3 Å². The molecule has 0 saturated heterocycles. The van der Waals surface area contributed by atoms with Crippen LogP contribution < -0.4 is 11.3 Å². The van der Waals surface area contributed by atoms with Crippen molar-refractivity contribution in [2.45, 2.75) is 31.2 Å². The number of benzene rings is 1. The Bertz CT molecular complexity index is 726. The molecule has 4 heteroatoms. The molecule has 108 valence electrons. The second kappa shape index (κ2) is 5.54. The molecule has 1 saturated carbocycles. The van der Waals surface area contributed by atoms with Gasteiger partial charge in [0.2, 0.25) is 0 Å². The highest BCUT2D eigenvalue weighted by Gasteiger charge is 2.21. The number of hydrogen-bond acceptors (Lipinski definition) is 4. The Morgan fingerprint density at radius 3 is 2.76 bits per heavy atom. The number of thiophene rings is 2. The van der Waals surface area contributed by atoms with Crippen molar-refractivity contribution in [3.05, 3.63) is 57.8 Å². The summed E-state index contributed by atoms with van der Waals surface area (Å²) in [6.45, 7) is 0. The summed E-state index contributed by atoms with van der Waals surface area (Å²) in [5.74, 6) is 6.62. The molecule has 1 aromatic carbocycles. The second-order valence-corrected chi connectivity index (χ2v) is 7.76. The lowest BCUT2D eigenvalue weighted by Gasteiger charge is -2.27. The van der Waals surface area contributed by atoms with Gasteiger partial charge in [-0.1, -0.05) is 30.7 Å². The van der Waals surface area contributed by atoms with Crippen molar-refractivity contribution in [2.24, 2.45) is 5.84 Å². The van der Waals surface area contributed by atoms with Crippen LogP contribution in [0.2, 0.25) is 0 Å². The average Bonchev–Trinajstić information content (AvgIpc) is 2.99. The fraction of sp³-hybridized carbons (Fsp3) is 0.294. The Morgan fingerprint density at radius 2 is 2.05 bits per heavy atom. The minimum atomic E-state index is 0.0922. The summed E-state index contributed by atoms with van der Waals surface area (Å²) in [5.41, 5.74) is 5.75. The molecule has 0 aliphatic heterocycles. The fourth-order valence-corrected chi connectivity index (χ4v) is 5.21. The third-order valence-corrected chi connectivity index (χ3v) is 6.59. The summed E-state index contributed by atoms with van der Waals surface area (Å²) in [5, 5.41) is 2.15. The molecule has 1 atom stereocenters. The normalized spacial score (nSPS) is 17.0. The van der Waals surface area contributed by atoms with E-state index in [2.05, 4.69) is 47.2 Å². The van der Waals surface area contributed by atoms with Crippen molar-refractivity contribution in [1.29, 1.82) is 0 Å². The van der Waals surface area contributed by atoms with E-state index in [0.717, 1.165) is 5.92 Å². The second-order valence-electron chi connectivity index (χ2n) is 5.70. The number of hydrogen-bond donors (Lipinski definition) is 2. The van der Waals surface area contributed by atoms with Crippen LogP contribution in [0.3, 0.4) is 0 Å². The van der Waals surface area contributed by atoms with E-state index in [1.54, 1.807) is 11.3 Å². The smallest absolute Gasteiger partial charge is 0.0803 e. The quantitative estimate of drug-likeness (QED) is 0.537. The minimum Gasteiger partial charge on any atom is -0.271 e. The zero-order valence-electron chi connectivity index (χ0n) is 11.7. The maximum absolute atomic E-state index is 5.86. The molecule has 0 spiro atoms. The molecule has 4 rings (SSSR count). The van der Waals surface area contributed by atoms with Crippen LogP contribution in [0.1, 0.15) is 47.2 Å². The summed E-state index contributed by atoms with van der Waals surface area (Å²) in [6, 6.07) is 13.5. The largest absolute Gasteiger partial charge is 0.271 e. The molecule has 0 amide bonds. The number of nitrogens with one attached hydrogen (secondary N) is 1. The van der Waals surface area contributed by atoms with Gasteiger partial charge in [-0.05, 0) is 47.4 Å². The SMILES string of the molecule is NNC(c1cccc(C2CCC2)c1)c1cc2sccc2s1. The Balaban J connectivity index is 1.70. The van der Waals surface area contributed by atoms with Crippen LogP contribution in [0.4, 0.5) is 0 Å². The zero-order valence-corrected chi connectivity index (χ0v) is 13.3. The van der Waals surface area contributed by atoms with Gasteiger partial charge in [-0.3, -0.25) is 5.84 Å². The van der Waals surface area contributed by atoms with Crippen molar-refractivity contribution in [3.8, 4) is 0 Å². The van der Waals surface area contributed by atoms with Gasteiger partial charge >= 0.3 is 0 Å². The Morgan fingerprint density at radius 1 is 1.14 bits per heavy atom. The van der Waals surface area contributed by atoms with Gasteiger partial charge in [0.05, 0.1) is 6.04 Å². The van der Waals surface area contributed by atoms with Gasteiger partial charge in [0.1, 0.15) is 0 Å². The van der Waals surface area contributed by atoms with Crippen LogP contribution >= 0.6 is 22.7 Å².